The second-order valence-electron chi connectivity index (χ2n) is 3.17. The monoisotopic (exact) mass is 177 g/mol. The summed E-state index contributed by atoms with van der Waals surface area (Å²) in [5.74, 6) is 0. The lowest BCUT2D eigenvalue weighted by molar-refractivity contribution is 0.0975. The standard InChI is InChI=1S/C12H17O/c1-3-12(13-2)10-9-11-7-5-4-6-8-11/h4-8,12H,1,3,9-10H2,2H3. The molecular weight excluding hydrogens is 160 g/mol. The summed E-state index contributed by atoms with van der Waals surface area (Å²) in [5, 5.41) is 0. The highest BCUT2D eigenvalue weighted by molar-refractivity contribution is 5.14. The quantitative estimate of drug-likeness (QED) is 0.672. The van der Waals surface area contributed by atoms with Gasteiger partial charge in [-0.2, -0.15) is 0 Å². The van der Waals surface area contributed by atoms with Gasteiger partial charge in [0.25, 0.3) is 0 Å². The van der Waals surface area contributed by atoms with Crippen LogP contribution in [0.1, 0.15) is 18.4 Å². The molecule has 0 aromatic heterocycles. The van der Waals surface area contributed by atoms with E-state index >= 15 is 0 Å². The third-order valence-electron chi connectivity index (χ3n) is 2.25. The summed E-state index contributed by atoms with van der Waals surface area (Å²) in [5.41, 5.74) is 1.37. The Morgan fingerprint density at radius 2 is 2.00 bits per heavy atom. The van der Waals surface area contributed by atoms with Gasteiger partial charge in [-0.1, -0.05) is 37.3 Å². The summed E-state index contributed by atoms with van der Waals surface area (Å²) in [4.78, 5) is 0. The molecule has 71 valence electrons. The zero-order chi connectivity index (χ0) is 9.52. The van der Waals surface area contributed by atoms with E-state index in [1.807, 2.05) is 6.07 Å². The van der Waals surface area contributed by atoms with Crippen LogP contribution in [0.4, 0.5) is 0 Å². The number of rotatable bonds is 5. The lowest BCUT2D eigenvalue weighted by atomic mass is 10.1. The topological polar surface area (TPSA) is 9.23 Å². The average Bonchev–Trinajstić information content (AvgIpc) is 2.21. The van der Waals surface area contributed by atoms with Crippen LogP contribution >= 0.6 is 0 Å². The molecular formula is C12H17O. The Hall–Kier alpha value is -0.820. The molecule has 1 nitrogen and oxygen atoms in total. The fourth-order valence-corrected chi connectivity index (χ4v) is 1.35. The Morgan fingerprint density at radius 1 is 1.31 bits per heavy atom. The number of methoxy groups -OCH3 is 1. The minimum Gasteiger partial charge on any atom is -0.381 e. The molecule has 0 bridgehead atoms. The van der Waals surface area contributed by atoms with Crippen LogP contribution in [0, 0.1) is 6.92 Å². The molecule has 0 saturated heterocycles. The summed E-state index contributed by atoms with van der Waals surface area (Å²) >= 11 is 0. The van der Waals surface area contributed by atoms with Crippen LogP contribution in [0.15, 0.2) is 30.3 Å². The van der Waals surface area contributed by atoms with Crippen LogP contribution < -0.4 is 0 Å². The Kier molecular flexibility index (Phi) is 4.55. The van der Waals surface area contributed by atoms with Crippen molar-refractivity contribution in [1.82, 2.24) is 0 Å². The largest absolute Gasteiger partial charge is 0.381 e. The molecule has 13 heavy (non-hydrogen) atoms. The van der Waals surface area contributed by atoms with Crippen LogP contribution in [0.5, 0.6) is 0 Å². The summed E-state index contributed by atoms with van der Waals surface area (Å²) in [6.45, 7) is 3.84. The Labute approximate surface area is 80.7 Å². The number of hydrogen-bond acceptors (Lipinski definition) is 1. The first-order chi connectivity index (χ1) is 6.36. The van der Waals surface area contributed by atoms with E-state index in [1.165, 1.54) is 5.56 Å². The zero-order valence-corrected chi connectivity index (χ0v) is 8.20. The van der Waals surface area contributed by atoms with Crippen molar-refractivity contribution in [2.75, 3.05) is 7.11 Å². The maximum Gasteiger partial charge on any atom is 0.0574 e. The second kappa shape index (κ2) is 5.76. The molecule has 0 heterocycles. The van der Waals surface area contributed by atoms with Crippen molar-refractivity contribution >= 4 is 0 Å². The first-order valence-corrected chi connectivity index (χ1v) is 4.72. The molecule has 0 aliphatic heterocycles. The van der Waals surface area contributed by atoms with E-state index in [0.717, 1.165) is 19.3 Å². The van der Waals surface area contributed by atoms with Gasteiger partial charge in [-0.05, 0) is 24.8 Å². The van der Waals surface area contributed by atoms with E-state index < -0.39 is 0 Å². The maximum absolute atomic E-state index is 5.26. The summed E-state index contributed by atoms with van der Waals surface area (Å²) in [7, 11) is 1.75. The maximum atomic E-state index is 5.26. The zero-order valence-electron chi connectivity index (χ0n) is 8.20. The van der Waals surface area contributed by atoms with E-state index in [2.05, 4.69) is 31.2 Å². The highest BCUT2D eigenvalue weighted by atomic mass is 16.5. The van der Waals surface area contributed by atoms with Crippen LogP contribution in [0.3, 0.4) is 0 Å². The SMILES string of the molecule is [CH2]CC(CCc1ccccc1)OC. The second-order valence-corrected chi connectivity index (χ2v) is 3.17. The van der Waals surface area contributed by atoms with Crippen LogP contribution in [-0.4, -0.2) is 13.2 Å². The summed E-state index contributed by atoms with van der Waals surface area (Å²) in [6, 6.07) is 10.5. The molecule has 1 atom stereocenters. The Morgan fingerprint density at radius 3 is 2.54 bits per heavy atom. The third kappa shape index (κ3) is 3.60. The molecule has 0 spiro atoms. The normalized spacial score (nSPS) is 12.8. The molecule has 1 unspecified atom stereocenters. The lowest BCUT2D eigenvalue weighted by Gasteiger charge is -2.12. The third-order valence-corrected chi connectivity index (χ3v) is 2.25. The minimum absolute atomic E-state index is 0.306. The van der Waals surface area contributed by atoms with Crippen molar-refractivity contribution in [2.45, 2.75) is 25.4 Å². The smallest absolute Gasteiger partial charge is 0.0574 e. The van der Waals surface area contributed by atoms with Gasteiger partial charge >= 0.3 is 0 Å². The van der Waals surface area contributed by atoms with E-state index in [9.17, 15) is 0 Å². The molecule has 1 aromatic carbocycles. The van der Waals surface area contributed by atoms with Gasteiger partial charge < -0.3 is 4.74 Å². The van der Waals surface area contributed by atoms with Gasteiger partial charge in [0.1, 0.15) is 0 Å². The molecule has 0 aliphatic carbocycles. The lowest BCUT2D eigenvalue weighted by Crippen LogP contribution is -2.09. The predicted octanol–water partition coefficient (Wildman–Crippen LogP) is 2.86. The highest BCUT2D eigenvalue weighted by Crippen LogP contribution is 2.08. The first kappa shape index (κ1) is 10.3. The van der Waals surface area contributed by atoms with Crippen molar-refractivity contribution in [1.29, 1.82) is 0 Å². The van der Waals surface area contributed by atoms with E-state index in [1.54, 1.807) is 7.11 Å². The van der Waals surface area contributed by atoms with Crippen molar-refractivity contribution in [2.24, 2.45) is 0 Å². The first-order valence-electron chi connectivity index (χ1n) is 4.72. The number of ether oxygens (including phenoxy) is 1. The fraction of sp³-hybridized carbons (Fsp3) is 0.417. The number of hydrogen-bond donors (Lipinski definition) is 0. The van der Waals surface area contributed by atoms with Crippen LogP contribution in [0.2, 0.25) is 0 Å². The molecule has 0 amide bonds. The van der Waals surface area contributed by atoms with Gasteiger partial charge in [-0.25, -0.2) is 0 Å². The van der Waals surface area contributed by atoms with Gasteiger partial charge in [-0.15, -0.1) is 0 Å². The van der Waals surface area contributed by atoms with Crippen molar-refractivity contribution < 1.29 is 4.74 Å². The van der Waals surface area contributed by atoms with Crippen molar-refractivity contribution in [3.05, 3.63) is 42.8 Å². The van der Waals surface area contributed by atoms with E-state index in [0.29, 0.717) is 6.10 Å². The Balaban J connectivity index is 2.34. The molecule has 1 rings (SSSR count). The molecule has 1 aromatic rings. The molecule has 1 radical (unpaired) electrons. The molecule has 0 saturated carbocycles. The Bertz CT molecular complexity index is 214. The molecule has 0 aliphatic rings. The number of aryl methyl sites for hydroxylation is 1. The van der Waals surface area contributed by atoms with Crippen molar-refractivity contribution in [3.8, 4) is 0 Å². The van der Waals surface area contributed by atoms with Gasteiger partial charge in [0.15, 0.2) is 0 Å². The van der Waals surface area contributed by atoms with Crippen LogP contribution in [0.25, 0.3) is 0 Å². The average molecular weight is 177 g/mol. The minimum atomic E-state index is 0.306. The molecule has 1 heteroatoms. The van der Waals surface area contributed by atoms with E-state index in [4.69, 9.17) is 4.74 Å². The van der Waals surface area contributed by atoms with E-state index in [-0.39, 0.29) is 0 Å². The van der Waals surface area contributed by atoms with Gasteiger partial charge in [0.2, 0.25) is 0 Å². The van der Waals surface area contributed by atoms with Crippen LogP contribution in [-0.2, 0) is 11.2 Å². The van der Waals surface area contributed by atoms with Gasteiger partial charge in [-0.3, -0.25) is 0 Å². The number of benzene rings is 1. The summed E-state index contributed by atoms with van der Waals surface area (Å²) in [6.07, 6.45) is 3.29. The van der Waals surface area contributed by atoms with Gasteiger partial charge in [0.05, 0.1) is 6.10 Å². The molecule has 0 fully saturated rings. The fourth-order valence-electron chi connectivity index (χ4n) is 1.35. The van der Waals surface area contributed by atoms with Crippen molar-refractivity contribution in [3.63, 3.8) is 0 Å². The predicted molar refractivity (Wildman–Crippen MR) is 55.5 cm³/mol. The summed E-state index contributed by atoms with van der Waals surface area (Å²) < 4.78 is 5.26. The highest BCUT2D eigenvalue weighted by Gasteiger charge is 2.03. The molecule has 0 N–H and O–H groups in total. The van der Waals surface area contributed by atoms with Gasteiger partial charge in [0, 0.05) is 7.11 Å².